The van der Waals surface area contributed by atoms with Crippen molar-refractivity contribution in [3.8, 4) is 0 Å². The molecule has 0 bridgehead atoms. The summed E-state index contributed by atoms with van der Waals surface area (Å²) in [4.78, 5) is 6.41. The van der Waals surface area contributed by atoms with Crippen LogP contribution in [0.5, 0.6) is 0 Å². The van der Waals surface area contributed by atoms with Crippen LogP contribution >= 0.6 is 11.8 Å². The van der Waals surface area contributed by atoms with E-state index in [0.717, 1.165) is 23.7 Å². The molecule has 0 radical (unpaired) electrons. The van der Waals surface area contributed by atoms with Gasteiger partial charge in [-0.15, -0.1) is 0 Å². The van der Waals surface area contributed by atoms with Gasteiger partial charge in [0, 0.05) is 31.0 Å². The Labute approximate surface area is 126 Å². The van der Waals surface area contributed by atoms with E-state index >= 15 is 0 Å². The van der Waals surface area contributed by atoms with Crippen molar-refractivity contribution in [2.75, 3.05) is 30.5 Å². The first-order valence-corrected chi connectivity index (χ1v) is 8.42. The molecule has 0 amide bonds. The summed E-state index contributed by atoms with van der Waals surface area (Å²) in [6, 6.07) is 1.95. The highest BCUT2D eigenvalue weighted by atomic mass is 32.2. The lowest BCUT2D eigenvalue weighted by molar-refractivity contribution is 0.547. The average molecular weight is 299 g/mol. The van der Waals surface area contributed by atoms with Gasteiger partial charge >= 0.3 is 0 Å². The molecule has 1 rings (SSSR count). The second-order valence-corrected chi connectivity index (χ2v) is 6.49. The molecule has 1 atom stereocenters. The van der Waals surface area contributed by atoms with Gasteiger partial charge in [-0.05, 0) is 31.7 Å². The van der Waals surface area contributed by atoms with Gasteiger partial charge in [-0.25, -0.2) is 9.37 Å². The number of nitrogens with zero attached hydrogens (tertiary/aromatic N) is 2. The van der Waals surface area contributed by atoms with Crippen LogP contribution in [0.1, 0.15) is 26.3 Å². The van der Waals surface area contributed by atoms with Crippen molar-refractivity contribution < 1.29 is 4.39 Å². The van der Waals surface area contributed by atoms with Gasteiger partial charge in [-0.1, -0.05) is 13.8 Å². The van der Waals surface area contributed by atoms with Gasteiger partial charge in [0.2, 0.25) is 0 Å². The Morgan fingerprint density at radius 1 is 1.40 bits per heavy atom. The van der Waals surface area contributed by atoms with Gasteiger partial charge in [0.25, 0.3) is 0 Å². The first-order chi connectivity index (χ1) is 9.45. The third kappa shape index (κ3) is 5.29. The molecular weight excluding hydrogens is 273 g/mol. The van der Waals surface area contributed by atoms with Crippen LogP contribution in [0.4, 0.5) is 10.2 Å². The fourth-order valence-electron chi connectivity index (χ4n) is 1.98. The van der Waals surface area contributed by atoms with Crippen molar-refractivity contribution in [2.45, 2.75) is 33.4 Å². The third-order valence-corrected chi connectivity index (χ3v) is 4.00. The van der Waals surface area contributed by atoms with Crippen LogP contribution in [0.15, 0.2) is 12.3 Å². The van der Waals surface area contributed by atoms with Gasteiger partial charge < -0.3 is 10.2 Å². The van der Waals surface area contributed by atoms with E-state index in [2.05, 4.69) is 42.2 Å². The van der Waals surface area contributed by atoms with Crippen LogP contribution in [0.2, 0.25) is 0 Å². The van der Waals surface area contributed by atoms with E-state index < -0.39 is 0 Å². The van der Waals surface area contributed by atoms with Crippen LogP contribution in [-0.4, -0.2) is 36.6 Å². The van der Waals surface area contributed by atoms with E-state index in [0.29, 0.717) is 18.5 Å². The highest BCUT2D eigenvalue weighted by molar-refractivity contribution is 7.98. The molecule has 1 aromatic heterocycles. The standard InChI is InChI=1S/C15H26FN3S/c1-11(2)7-17-8-13-6-14(16)9-18-15(13)19(4)12(3)10-20-5/h6,9,11-12,17H,7-8,10H2,1-5H3. The zero-order chi connectivity index (χ0) is 15.1. The fourth-order valence-corrected chi connectivity index (χ4v) is 2.68. The molecule has 0 aliphatic carbocycles. The Bertz CT molecular complexity index is 412. The predicted molar refractivity (Wildman–Crippen MR) is 87.0 cm³/mol. The first-order valence-electron chi connectivity index (χ1n) is 7.02. The smallest absolute Gasteiger partial charge is 0.141 e. The molecule has 1 unspecified atom stereocenters. The molecule has 1 aromatic rings. The highest BCUT2D eigenvalue weighted by Crippen LogP contribution is 2.20. The molecule has 0 aliphatic heterocycles. The number of hydrogen-bond donors (Lipinski definition) is 1. The van der Waals surface area contributed by atoms with Crippen LogP contribution in [0.25, 0.3) is 0 Å². The number of rotatable bonds is 8. The SMILES string of the molecule is CSCC(C)N(C)c1ncc(F)cc1CNCC(C)C. The highest BCUT2D eigenvalue weighted by Gasteiger charge is 2.15. The summed E-state index contributed by atoms with van der Waals surface area (Å²) in [7, 11) is 2.02. The first kappa shape index (κ1) is 17.2. The van der Waals surface area contributed by atoms with Crippen molar-refractivity contribution in [3.63, 3.8) is 0 Å². The number of nitrogens with one attached hydrogen (secondary N) is 1. The number of thioether (sulfide) groups is 1. The lowest BCUT2D eigenvalue weighted by Gasteiger charge is -2.27. The van der Waals surface area contributed by atoms with Gasteiger partial charge in [0.1, 0.15) is 11.6 Å². The van der Waals surface area contributed by atoms with Gasteiger partial charge in [0.15, 0.2) is 0 Å². The van der Waals surface area contributed by atoms with Crippen molar-refractivity contribution in [1.29, 1.82) is 0 Å². The van der Waals surface area contributed by atoms with Crippen LogP contribution in [0, 0.1) is 11.7 Å². The lowest BCUT2D eigenvalue weighted by Crippen LogP contribution is -2.33. The largest absolute Gasteiger partial charge is 0.356 e. The van der Waals surface area contributed by atoms with Crippen LogP contribution in [-0.2, 0) is 6.54 Å². The number of aromatic nitrogens is 1. The van der Waals surface area contributed by atoms with E-state index in [-0.39, 0.29) is 5.82 Å². The minimum atomic E-state index is -0.277. The molecule has 0 saturated heterocycles. The predicted octanol–water partition coefficient (Wildman–Crippen LogP) is 3.15. The summed E-state index contributed by atoms with van der Waals surface area (Å²) in [6.45, 7) is 8.04. The van der Waals surface area contributed by atoms with Crippen LogP contribution in [0.3, 0.4) is 0 Å². The molecule has 0 saturated carbocycles. The van der Waals surface area contributed by atoms with Crippen molar-refractivity contribution in [1.82, 2.24) is 10.3 Å². The molecule has 20 heavy (non-hydrogen) atoms. The van der Waals surface area contributed by atoms with Gasteiger partial charge in [0.05, 0.1) is 6.20 Å². The Kier molecular flexibility index (Phi) is 7.30. The quantitative estimate of drug-likeness (QED) is 0.798. The second-order valence-electron chi connectivity index (χ2n) is 5.58. The van der Waals surface area contributed by atoms with Crippen molar-refractivity contribution >= 4 is 17.6 Å². The molecule has 0 aliphatic rings. The maximum atomic E-state index is 13.4. The molecule has 1 heterocycles. The summed E-state index contributed by atoms with van der Waals surface area (Å²) in [6.07, 6.45) is 3.39. The van der Waals surface area contributed by atoms with Gasteiger partial charge in [-0.2, -0.15) is 11.8 Å². The Balaban J connectivity index is 2.83. The lowest BCUT2D eigenvalue weighted by atomic mass is 10.2. The molecule has 5 heteroatoms. The molecule has 1 N–H and O–H groups in total. The summed E-state index contributed by atoms with van der Waals surface area (Å²) in [5, 5.41) is 3.36. The molecule has 0 spiro atoms. The van der Waals surface area contributed by atoms with E-state index in [4.69, 9.17) is 0 Å². The summed E-state index contributed by atoms with van der Waals surface area (Å²) < 4.78 is 13.4. The number of hydrogen-bond acceptors (Lipinski definition) is 4. The molecule has 114 valence electrons. The van der Waals surface area contributed by atoms with E-state index in [1.165, 1.54) is 6.20 Å². The topological polar surface area (TPSA) is 28.2 Å². The Hall–Kier alpha value is -0.810. The molecule has 3 nitrogen and oxygen atoms in total. The van der Waals surface area contributed by atoms with E-state index in [1.54, 1.807) is 17.8 Å². The average Bonchev–Trinajstić information content (AvgIpc) is 2.38. The number of halogens is 1. The number of pyridine rings is 1. The molecule has 0 aromatic carbocycles. The maximum Gasteiger partial charge on any atom is 0.141 e. The van der Waals surface area contributed by atoms with E-state index in [1.807, 2.05) is 7.05 Å². The summed E-state index contributed by atoms with van der Waals surface area (Å²) in [5.41, 5.74) is 0.918. The summed E-state index contributed by atoms with van der Waals surface area (Å²) >= 11 is 1.80. The Morgan fingerprint density at radius 3 is 2.70 bits per heavy atom. The van der Waals surface area contributed by atoms with Crippen molar-refractivity contribution in [3.05, 3.63) is 23.6 Å². The maximum absolute atomic E-state index is 13.4. The monoisotopic (exact) mass is 299 g/mol. The number of anilines is 1. The minimum absolute atomic E-state index is 0.277. The third-order valence-electron chi connectivity index (χ3n) is 3.18. The van der Waals surface area contributed by atoms with E-state index in [9.17, 15) is 4.39 Å². The Morgan fingerprint density at radius 2 is 2.10 bits per heavy atom. The second kappa shape index (κ2) is 8.47. The zero-order valence-electron chi connectivity index (χ0n) is 13.1. The van der Waals surface area contributed by atoms with Crippen LogP contribution < -0.4 is 10.2 Å². The fraction of sp³-hybridized carbons (Fsp3) is 0.667. The minimum Gasteiger partial charge on any atom is -0.356 e. The molecule has 0 fully saturated rings. The van der Waals surface area contributed by atoms with Gasteiger partial charge in [-0.3, -0.25) is 0 Å². The molecular formula is C15H26FN3S. The normalized spacial score (nSPS) is 12.8. The summed E-state index contributed by atoms with van der Waals surface area (Å²) in [5.74, 6) is 2.19. The van der Waals surface area contributed by atoms with Crippen molar-refractivity contribution in [2.24, 2.45) is 5.92 Å². The zero-order valence-corrected chi connectivity index (χ0v) is 13.9.